The molecule has 1 aliphatic rings. The molecule has 6 nitrogen and oxygen atoms in total. The molecule has 0 aromatic heterocycles. The molecule has 1 aromatic carbocycles. The van der Waals surface area contributed by atoms with E-state index in [1.807, 2.05) is 0 Å². The maximum absolute atomic E-state index is 11.9. The number of sulfonamides is 1. The highest BCUT2D eigenvalue weighted by Gasteiger charge is 2.32. The minimum Gasteiger partial charge on any atom is -0.389 e. The number of aliphatic hydroxyl groups excluding tert-OH is 2. The van der Waals surface area contributed by atoms with Crippen molar-refractivity contribution in [2.24, 2.45) is 0 Å². The lowest BCUT2D eigenvalue weighted by atomic mass is 10.3. The standard InChI is InChI=1S/C11H16N2O4S/c1-12-18(16,17)11-5-3-2-4-8(11)13-6-9(14)10(15)7-13/h2-5,9-10,12,14-15H,6-7H2,1H3. The van der Waals surface area contributed by atoms with E-state index in [4.69, 9.17) is 0 Å². The minimum absolute atomic E-state index is 0.147. The molecule has 0 bridgehead atoms. The van der Waals surface area contributed by atoms with Crippen LogP contribution in [0.4, 0.5) is 5.69 Å². The molecule has 0 spiro atoms. The lowest BCUT2D eigenvalue weighted by molar-refractivity contribution is 0.0572. The predicted octanol–water partition coefficient (Wildman–Crippen LogP) is -0.864. The number of nitrogens with one attached hydrogen (secondary N) is 1. The molecular weight excluding hydrogens is 256 g/mol. The zero-order chi connectivity index (χ0) is 13.3. The maximum Gasteiger partial charge on any atom is 0.242 e. The molecule has 2 unspecified atom stereocenters. The molecule has 2 rings (SSSR count). The van der Waals surface area contributed by atoms with E-state index >= 15 is 0 Å². The topological polar surface area (TPSA) is 89.9 Å². The Hall–Kier alpha value is -1.15. The second-order valence-electron chi connectivity index (χ2n) is 4.21. The SMILES string of the molecule is CNS(=O)(=O)c1ccccc1N1CC(O)C(O)C1. The first-order chi connectivity index (χ1) is 8.45. The highest BCUT2D eigenvalue weighted by Crippen LogP contribution is 2.27. The van der Waals surface area contributed by atoms with Crippen molar-refractivity contribution in [3.05, 3.63) is 24.3 Å². The van der Waals surface area contributed by atoms with E-state index in [-0.39, 0.29) is 18.0 Å². The largest absolute Gasteiger partial charge is 0.389 e. The number of rotatable bonds is 3. The van der Waals surface area contributed by atoms with Crippen molar-refractivity contribution >= 4 is 15.7 Å². The van der Waals surface area contributed by atoms with Crippen molar-refractivity contribution in [1.82, 2.24) is 4.72 Å². The Kier molecular flexibility index (Phi) is 3.58. The third kappa shape index (κ3) is 2.35. The Morgan fingerprint density at radius 3 is 2.33 bits per heavy atom. The number of nitrogens with zero attached hydrogens (tertiary/aromatic N) is 1. The molecule has 1 heterocycles. The molecule has 1 fully saturated rings. The number of hydrogen-bond acceptors (Lipinski definition) is 5. The van der Waals surface area contributed by atoms with Gasteiger partial charge in [-0.2, -0.15) is 0 Å². The van der Waals surface area contributed by atoms with Gasteiger partial charge in [-0.05, 0) is 19.2 Å². The molecule has 1 aliphatic heterocycles. The minimum atomic E-state index is -3.56. The zero-order valence-electron chi connectivity index (χ0n) is 9.94. The third-order valence-corrected chi connectivity index (χ3v) is 4.48. The van der Waals surface area contributed by atoms with Gasteiger partial charge in [-0.15, -0.1) is 0 Å². The Labute approximate surface area is 106 Å². The van der Waals surface area contributed by atoms with E-state index in [1.54, 1.807) is 23.1 Å². The van der Waals surface area contributed by atoms with Crippen molar-refractivity contribution < 1.29 is 18.6 Å². The average Bonchev–Trinajstić information content (AvgIpc) is 2.69. The van der Waals surface area contributed by atoms with E-state index in [1.165, 1.54) is 13.1 Å². The summed E-state index contributed by atoms with van der Waals surface area (Å²) in [7, 11) is -2.21. The van der Waals surface area contributed by atoms with Crippen LogP contribution in [-0.4, -0.2) is 51.0 Å². The van der Waals surface area contributed by atoms with E-state index in [9.17, 15) is 18.6 Å². The van der Waals surface area contributed by atoms with Gasteiger partial charge in [-0.3, -0.25) is 0 Å². The second-order valence-corrected chi connectivity index (χ2v) is 6.07. The number of para-hydroxylation sites is 1. The fourth-order valence-corrected chi connectivity index (χ4v) is 2.97. The molecule has 0 amide bonds. The van der Waals surface area contributed by atoms with Crippen LogP contribution in [0.25, 0.3) is 0 Å². The first kappa shape index (κ1) is 13.3. The summed E-state index contributed by atoms with van der Waals surface area (Å²) in [4.78, 5) is 1.81. The summed E-state index contributed by atoms with van der Waals surface area (Å²) in [6, 6.07) is 6.52. The molecule has 0 radical (unpaired) electrons. The molecule has 100 valence electrons. The normalized spacial score (nSPS) is 24.5. The molecule has 3 N–H and O–H groups in total. The van der Waals surface area contributed by atoms with Gasteiger partial charge in [0.05, 0.1) is 17.9 Å². The summed E-state index contributed by atoms with van der Waals surface area (Å²) < 4.78 is 26.0. The van der Waals surface area contributed by atoms with Gasteiger partial charge in [0.25, 0.3) is 0 Å². The number of β-amino-alcohol motifs (C(OH)–C–C–N with tert-alkyl or cyclic N) is 2. The van der Waals surface area contributed by atoms with E-state index in [2.05, 4.69) is 4.72 Å². The molecule has 2 atom stereocenters. The number of aliphatic hydroxyl groups is 2. The highest BCUT2D eigenvalue weighted by atomic mass is 32.2. The zero-order valence-corrected chi connectivity index (χ0v) is 10.8. The van der Waals surface area contributed by atoms with Crippen molar-refractivity contribution in [2.45, 2.75) is 17.1 Å². The molecule has 18 heavy (non-hydrogen) atoms. The van der Waals surface area contributed by atoms with E-state index < -0.39 is 22.2 Å². The number of benzene rings is 1. The molecule has 7 heteroatoms. The summed E-state index contributed by atoms with van der Waals surface area (Å²) in [5.41, 5.74) is 0.488. The van der Waals surface area contributed by atoms with Gasteiger partial charge in [0.1, 0.15) is 4.90 Å². The Morgan fingerprint density at radius 2 is 1.78 bits per heavy atom. The molecule has 1 aromatic rings. The molecule has 1 saturated heterocycles. The first-order valence-corrected chi connectivity index (χ1v) is 7.07. The second kappa shape index (κ2) is 4.85. The van der Waals surface area contributed by atoms with Crippen LogP contribution in [0.15, 0.2) is 29.2 Å². The van der Waals surface area contributed by atoms with Crippen molar-refractivity contribution in [3.8, 4) is 0 Å². The molecular formula is C11H16N2O4S. The lowest BCUT2D eigenvalue weighted by Crippen LogP contribution is -2.26. The predicted molar refractivity (Wildman–Crippen MR) is 66.9 cm³/mol. The molecule has 0 aliphatic carbocycles. The van der Waals surface area contributed by atoms with Crippen LogP contribution in [0.5, 0.6) is 0 Å². The Morgan fingerprint density at radius 1 is 1.22 bits per heavy atom. The van der Waals surface area contributed by atoms with Crippen molar-refractivity contribution in [1.29, 1.82) is 0 Å². The smallest absolute Gasteiger partial charge is 0.242 e. The van der Waals surface area contributed by atoms with Crippen LogP contribution in [0, 0.1) is 0 Å². The van der Waals surface area contributed by atoms with Gasteiger partial charge in [0.2, 0.25) is 10.0 Å². The van der Waals surface area contributed by atoms with Gasteiger partial charge < -0.3 is 15.1 Å². The van der Waals surface area contributed by atoms with E-state index in [0.717, 1.165) is 0 Å². The van der Waals surface area contributed by atoms with Gasteiger partial charge in [0.15, 0.2) is 0 Å². The fourth-order valence-electron chi connectivity index (χ4n) is 2.02. The lowest BCUT2D eigenvalue weighted by Gasteiger charge is -2.20. The van der Waals surface area contributed by atoms with Crippen LogP contribution in [0.1, 0.15) is 0 Å². The third-order valence-electron chi connectivity index (χ3n) is 3.02. The quantitative estimate of drug-likeness (QED) is 0.666. The summed E-state index contributed by atoms with van der Waals surface area (Å²) in [5.74, 6) is 0. The summed E-state index contributed by atoms with van der Waals surface area (Å²) in [6.07, 6.45) is -1.70. The fraction of sp³-hybridized carbons (Fsp3) is 0.455. The average molecular weight is 272 g/mol. The summed E-state index contributed by atoms with van der Waals surface area (Å²) in [6.45, 7) is 0.439. The van der Waals surface area contributed by atoms with Gasteiger partial charge in [-0.25, -0.2) is 13.1 Å². The maximum atomic E-state index is 11.9. The Bertz CT molecular complexity index is 522. The number of hydrogen-bond donors (Lipinski definition) is 3. The Balaban J connectivity index is 2.41. The summed E-state index contributed by atoms with van der Waals surface area (Å²) in [5, 5.41) is 19.0. The van der Waals surface area contributed by atoms with Crippen LogP contribution in [-0.2, 0) is 10.0 Å². The van der Waals surface area contributed by atoms with Crippen molar-refractivity contribution in [2.75, 3.05) is 25.0 Å². The van der Waals surface area contributed by atoms with Crippen LogP contribution in [0.3, 0.4) is 0 Å². The van der Waals surface area contributed by atoms with Crippen molar-refractivity contribution in [3.63, 3.8) is 0 Å². The van der Waals surface area contributed by atoms with Gasteiger partial charge >= 0.3 is 0 Å². The van der Waals surface area contributed by atoms with Crippen LogP contribution < -0.4 is 9.62 Å². The summed E-state index contributed by atoms with van der Waals surface area (Å²) >= 11 is 0. The van der Waals surface area contributed by atoms with Gasteiger partial charge in [0, 0.05) is 13.1 Å². The van der Waals surface area contributed by atoms with Crippen LogP contribution in [0.2, 0.25) is 0 Å². The van der Waals surface area contributed by atoms with Crippen LogP contribution >= 0.6 is 0 Å². The molecule has 0 saturated carbocycles. The number of anilines is 1. The first-order valence-electron chi connectivity index (χ1n) is 5.59. The monoisotopic (exact) mass is 272 g/mol. The highest BCUT2D eigenvalue weighted by molar-refractivity contribution is 7.89. The van der Waals surface area contributed by atoms with Gasteiger partial charge in [-0.1, -0.05) is 12.1 Å². The van der Waals surface area contributed by atoms with E-state index in [0.29, 0.717) is 5.69 Å².